The number of benzene rings is 2. The van der Waals surface area contributed by atoms with Crippen LogP contribution < -0.4 is 20.1 Å². The van der Waals surface area contributed by atoms with E-state index < -0.39 is 23.9 Å². The molecule has 0 aliphatic heterocycles. The number of hydrogen-bond donors (Lipinski definition) is 2. The highest BCUT2D eigenvalue weighted by molar-refractivity contribution is 6.02. The molecule has 0 radical (unpaired) electrons. The fourth-order valence-corrected chi connectivity index (χ4v) is 2.35. The smallest absolute Gasteiger partial charge is 0.484 e. The second-order valence-electron chi connectivity index (χ2n) is 5.87. The molecule has 0 aliphatic rings. The van der Waals surface area contributed by atoms with E-state index in [1.54, 1.807) is 24.3 Å². The number of nitrogens with one attached hydrogen (secondary N) is 2. The Labute approximate surface area is 168 Å². The van der Waals surface area contributed by atoms with Gasteiger partial charge in [0.15, 0.2) is 12.4 Å². The van der Waals surface area contributed by atoms with Gasteiger partial charge in [0.1, 0.15) is 11.5 Å². The minimum Gasteiger partial charge on any atom is -0.484 e. The molecule has 156 valence electrons. The second-order valence-corrected chi connectivity index (χ2v) is 5.87. The number of furan rings is 1. The summed E-state index contributed by atoms with van der Waals surface area (Å²) in [5, 5.41) is 5.11. The fraction of sp³-hybridized carbons (Fsp3) is 0.100. The lowest BCUT2D eigenvalue weighted by Gasteiger charge is -2.11. The minimum atomic E-state index is -4.79. The lowest BCUT2D eigenvalue weighted by Crippen LogP contribution is -2.20. The zero-order chi connectivity index (χ0) is 21.6. The molecule has 3 rings (SSSR count). The number of rotatable bonds is 7. The van der Waals surface area contributed by atoms with Crippen LogP contribution >= 0.6 is 0 Å². The number of hydrogen-bond acceptors (Lipinski definition) is 5. The van der Waals surface area contributed by atoms with Crippen LogP contribution in [-0.4, -0.2) is 24.8 Å². The first-order valence-electron chi connectivity index (χ1n) is 8.52. The quantitative estimate of drug-likeness (QED) is 0.590. The molecule has 10 heteroatoms. The first-order valence-corrected chi connectivity index (χ1v) is 8.52. The summed E-state index contributed by atoms with van der Waals surface area (Å²) < 4.78 is 50.6. The predicted molar refractivity (Wildman–Crippen MR) is 100 cm³/mol. The molecule has 2 amide bonds. The van der Waals surface area contributed by atoms with E-state index in [1.165, 1.54) is 30.5 Å². The van der Waals surface area contributed by atoms with Gasteiger partial charge in [0.25, 0.3) is 11.8 Å². The normalized spacial score (nSPS) is 10.9. The van der Waals surface area contributed by atoms with Gasteiger partial charge >= 0.3 is 6.36 Å². The summed E-state index contributed by atoms with van der Waals surface area (Å²) in [6.07, 6.45) is -3.41. The fourth-order valence-electron chi connectivity index (χ4n) is 2.35. The largest absolute Gasteiger partial charge is 0.573 e. The molecule has 0 fully saturated rings. The molecule has 0 aliphatic carbocycles. The van der Waals surface area contributed by atoms with Gasteiger partial charge in [-0.2, -0.15) is 0 Å². The molecule has 0 atom stereocenters. The summed E-state index contributed by atoms with van der Waals surface area (Å²) in [5.41, 5.74) is 0.715. The number of carbonyl (C=O) groups is 2. The van der Waals surface area contributed by atoms with E-state index in [0.29, 0.717) is 11.4 Å². The zero-order valence-electron chi connectivity index (χ0n) is 15.2. The Morgan fingerprint density at radius 1 is 0.900 bits per heavy atom. The predicted octanol–water partition coefficient (Wildman–Crippen LogP) is 4.45. The maximum Gasteiger partial charge on any atom is 0.573 e. The van der Waals surface area contributed by atoms with Gasteiger partial charge in [-0.1, -0.05) is 6.07 Å². The zero-order valence-corrected chi connectivity index (χ0v) is 15.2. The average Bonchev–Trinajstić information content (AvgIpc) is 3.22. The molecule has 7 nitrogen and oxygen atoms in total. The molecule has 1 heterocycles. The molecule has 30 heavy (non-hydrogen) atoms. The lowest BCUT2D eigenvalue weighted by atomic mass is 10.3. The van der Waals surface area contributed by atoms with Crippen LogP contribution in [0, 0.1) is 0 Å². The van der Waals surface area contributed by atoms with Crippen molar-refractivity contribution in [1.82, 2.24) is 0 Å². The molecule has 0 unspecified atom stereocenters. The Hall–Kier alpha value is -3.95. The van der Waals surface area contributed by atoms with E-state index >= 15 is 0 Å². The summed E-state index contributed by atoms with van der Waals surface area (Å²) in [6.45, 7) is -0.351. The molecule has 3 aromatic rings. The molecule has 0 saturated heterocycles. The van der Waals surface area contributed by atoms with Crippen LogP contribution in [0.5, 0.6) is 11.5 Å². The lowest BCUT2D eigenvalue weighted by molar-refractivity contribution is -0.274. The Morgan fingerprint density at radius 3 is 2.33 bits per heavy atom. The average molecular weight is 420 g/mol. The van der Waals surface area contributed by atoms with Crippen molar-refractivity contribution in [2.75, 3.05) is 17.2 Å². The highest BCUT2D eigenvalue weighted by Crippen LogP contribution is 2.24. The van der Waals surface area contributed by atoms with Crippen molar-refractivity contribution in [2.45, 2.75) is 6.36 Å². The monoisotopic (exact) mass is 420 g/mol. The van der Waals surface area contributed by atoms with Gasteiger partial charge in [-0.05, 0) is 48.5 Å². The Bertz CT molecular complexity index is 1000. The Morgan fingerprint density at radius 2 is 1.67 bits per heavy atom. The standard InChI is InChI=1S/C20H15F3N2O5/c21-20(22,23)30-15-8-6-13(7-9-15)24-18(26)12-29-16-4-1-3-14(11-16)25-19(27)17-5-2-10-28-17/h1-11H,12H2,(H,24,26)(H,25,27). The SMILES string of the molecule is O=C(COc1cccc(NC(=O)c2ccco2)c1)Nc1ccc(OC(F)(F)F)cc1. The summed E-state index contributed by atoms with van der Waals surface area (Å²) in [5.74, 6) is -0.883. The number of ether oxygens (including phenoxy) is 2. The number of anilines is 2. The number of carbonyl (C=O) groups excluding carboxylic acids is 2. The molecule has 0 spiro atoms. The molecule has 1 aromatic heterocycles. The van der Waals surface area contributed by atoms with E-state index in [4.69, 9.17) is 9.15 Å². The van der Waals surface area contributed by atoms with Crippen molar-refractivity contribution in [3.8, 4) is 11.5 Å². The summed E-state index contributed by atoms with van der Waals surface area (Å²) in [7, 11) is 0. The third-order valence-corrected chi connectivity index (χ3v) is 3.58. The van der Waals surface area contributed by atoms with Crippen molar-refractivity contribution in [2.24, 2.45) is 0 Å². The minimum absolute atomic E-state index is 0.146. The van der Waals surface area contributed by atoms with Gasteiger partial charge in [0, 0.05) is 17.4 Å². The summed E-state index contributed by atoms with van der Waals surface area (Å²) in [6, 6.07) is 14.2. The molecule has 0 saturated carbocycles. The van der Waals surface area contributed by atoms with Gasteiger partial charge in [-0.25, -0.2) is 0 Å². The number of halogens is 3. The topological polar surface area (TPSA) is 89.8 Å². The Balaban J connectivity index is 1.50. The summed E-state index contributed by atoms with van der Waals surface area (Å²) >= 11 is 0. The van der Waals surface area contributed by atoms with Crippen molar-refractivity contribution >= 4 is 23.2 Å². The first-order chi connectivity index (χ1) is 14.3. The second kappa shape index (κ2) is 9.03. The summed E-state index contributed by atoms with van der Waals surface area (Å²) in [4.78, 5) is 24.0. The van der Waals surface area contributed by atoms with Gasteiger partial charge in [0.2, 0.25) is 0 Å². The number of alkyl halides is 3. The first kappa shape index (κ1) is 20.8. The van der Waals surface area contributed by atoms with E-state index in [2.05, 4.69) is 15.4 Å². The van der Waals surface area contributed by atoms with Gasteiger partial charge < -0.3 is 24.5 Å². The van der Waals surface area contributed by atoms with Crippen molar-refractivity contribution in [1.29, 1.82) is 0 Å². The molecule has 2 N–H and O–H groups in total. The van der Waals surface area contributed by atoms with Crippen molar-refractivity contribution < 1.29 is 36.7 Å². The van der Waals surface area contributed by atoms with Crippen LogP contribution in [0.1, 0.15) is 10.6 Å². The van der Waals surface area contributed by atoms with Crippen LogP contribution in [0.2, 0.25) is 0 Å². The van der Waals surface area contributed by atoms with Crippen LogP contribution in [0.4, 0.5) is 24.5 Å². The number of amides is 2. The van der Waals surface area contributed by atoms with Gasteiger partial charge in [0.05, 0.1) is 6.26 Å². The van der Waals surface area contributed by atoms with Crippen LogP contribution in [0.3, 0.4) is 0 Å². The van der Waals surface area contributed by atoms with E-state index in [1.807, 2.05) is 0 Å². The third kappa shape index (κ3) is 6.30. The molecular formula is C20H15F3N2O5. The molecular weight excluding hydrogens is 405 g/mol. The maximum absolute atomic E-state index is 12.1. The maximum atomic E-state index is 12.1. The van der Waals surface area contributed by atoms with E-state index in [0.717, 1.165) is 12.1 Å². The van der Waals surface area contributed by atoms with E-state index in [9.17, 15) is 22.8 Å². The molecule has 0 bridgehead atoms. The van der Waals surface area contributed by atoms with Crippen LogP contribution in [-0.2, 0) is 4.79 Å². The van der Waals surface area contributed by atoms with Gasteiger partial charge in [-0.3, -0.25) is 9.59 Å². The van der Waals surface area contributed by atoms with Crippen molar-refractivity contribution in [3.63, 3.8) is 0 Å². The van der Waals surface area contributed by atoms with Crippen molar-refractivity contribution in [3.05, 3.63) is 72.7 Å². The third-order valence-electron chi connectivity index (χ3n) is 3.58. The van der Waals surface area contributed by atoms with Gasteiger partial charge in [-0.15, -0.1) is 13.2 Å². The van der Waals surface area contributed by atoms with Crippen LogP contribution in [0.25, 0.3) is 0 Å². The van der Waals surface area contributed by atoms with E-state index in [-0.39, 0.29) is 18.1 Å². The highest BCUT2D eigenvalue weighted by Gasteiger charge is 2.30. The molecule has 2 aromatic carbocycles. The Kier molecular flexibility index (Phi) is 6.26. The highest BCUT2D eigenvalue weighted by atomic mass is 19.4. The van der Waals surface area contributed by atoms with Crippen LogP contribution in [0.15, 0.2) is 71.3 Å².